The highest BCUT2D eigenvalue weighted by atomic mass is 32.1. The molecule has 82 valence electrons. The first-order valence-electron chi connectivity index (χ1n) is 5.39. The molecule has 2 nitrogen and oxygen atoms in total. The Morgan fingerprint density at radius 1 is 1.25 bits per heavy atom. The molecule has 0 aliphatic heterocycles. The van der Waals surface area contributed by atoms with Crippen molar-refractivity contribution in [2.45, 2.75) is 18.4 Å². The molecule has 1 aromatic heterocycles. The van der Waals surface area contributed by atoms with Gasteiger partial charge in [0.05, 0.1) is 0 Å². The average molecular weight is 231 g/mol. The lowest BCUT2D eigenvalue weighted by molar-refractivity contribution is 0.475. The predicted octanol–water partition coefficient (Wildman–Crippen LogP) is 2.94. The molecule has 3 heteroatoms. The van der Waals surface area contributed by atoms with Crippen molar-refractivity contribution in [2.75, 3.05) is 0 Å². The number of nitrogens with two attached hydrogens (primary N) is 1. The van der Waals surface area contributed by atoms with Gasteiger partial charge in [0.15, 0.2) is 0 Å². The van der Waals surface area contributed by atoms with Crippen molar-refractivity contribution in [1.29, 1.82) is 0 Å². The SMILES string of the molecule is N[C@@H]1C[C@@H]1c1ccc(-c2cccc(O)c2)s1. The largest absolute Gasteiger partial charge is 0.508 e. The van der Waals surface area contributed by atoms with Crippen LogP contribution < -0.4 is 5.73 Å². The summed E-state index contributed by atoms with van der Waals surface area (Å²) < 4.78 is 0. The summed E-state index contributed by atoms with van der Waals surface area (Å²) in [6.45, 7) is 0. The summed E-state index contributed by atoms with van der Waals surface area (Å²) in [6, 6.07) is 12.0. The van der Waals surface area contributed by atoms with Crippen molar-refractivity contribution in [3.05, 3.63) is 41.3 Å². The van der Waals surface area contributed by atoms with Crippen LogP contribution in [0.25, 0.3) is 10.4 Å². The maximum absolute atomic E-state index is 9.43. The van der Waals surface area contributed by atoms with Gasteiger partial charge in [-0.1, -0.05) is 12.1 Å². The van der Waals surface area contributed by atoms with Crippen molar-refractivity contribution in [1.82, 2.24) is 0 Å². The van der Waals surface area contributed by atoms with Crippen LogP contribution in [0.2, 0.25) is 0 Å². The van der Waals surface area contributed by atoms with E-state index in [0.717, 1.165) is 12.0 Å². The molecule has 0 unspecified atom stereocenters. The van der Waals surface area contributed by atoms with Crippen LogP contribution in [0.4, 0.5) is 0 Å². The molecule has 2 aromatic rings. The number of phenols is 1. The van der Waals surface area contributed by atoms with Crippen molar-refractivity contribution in [3.8, 4) is 16.2 Å². The summed E-state index contributed by atoms with van der Waals surface area (Å²) in [6.07, 6.45) is 1.11. The molecular weight excluding hydrogens is 218 g/mol. The number of aromatic hydroxyl groups is 1. The first kappa shape index (κ1) is 9.87. The maximum Gasteiger partial charge on any atom is 0.116 e. The minimum atomic E-state index is 0.315. The molecular formula is C13H13NOS. The van der Waals surface area contributed by atoms with Gasteiger partial charge in [-0.3, -0.25) is 0 Å². The van der Waals surface area contributed by atoms with Crippen LogP contribution in [0, 0.1) is 0 Å². The Hall–Kier alpha value is -1.32. The first-order chi connectivity index (χ1) is 7.74. The number of hydrogen-bond donors (Lipinski definition) is 2. The van der Waals surface area contributed by atoms with Crippen molar-refractivity contribution in [2.24, 2.45) is 5.73 Å². The molecule has 1 aliphatic rings. The minimum Gasteiger partial charge on any atom is -0.508 e. The Balaban J connectivity index is 1.92. The topological polar surface area (TPSA) is 46.2 Å². The van der Waals surface area contributed by atoms with Crippen LogP contribution in [0.1, 0.15) is 17.2 Å². The molecule has 3 rings (SSSR count). The summed E-state index contributed by atoms with van der Waals surface area (Å²) in [5, 5.41) is 9.43. The van der Waals surface area contributed by atoms with Crippen LogP contribution in [0.15, 0.2) is 36.4 Å². The Labute approximate surface area is 98.4 Å². The minimum absolute atomic E-state index is 0.315. The summed E-state index contributed by atoms with van der Waals surface area (Å²) in [5.41, 5.74) is 6.91. The Kier molecular flexibility index (Phi) is 2.23. The molecule has 0 saturated heterocycles. The number of thiophene rings is 1. The fourth-order valence-corrected chi connectivity index (χ4v) is 3.10. The molecule has 16 heavy (non-hydrogen) atoms. The maximum atomic E-state index is 9.43. The molecule has 1 aromatic carbocycles. The van der Waals surface area contributed by atoms with E-state index in [2.05, 4.69) is 12.1 Å². The van der Waals surface area contributed by atoms with E-state index < -0.39 is 0 Å². The molecule has 1 aliphatic carbocycles. The molecule has 2 atom stereocenters. The van der Waals surface area contributed by atoms with Crippen molar-refractivity contribution in [3.63, 3.8) is 0 Å². The third-order valence-corrected chi connectivity index (χ3v) is 4.23. The molecule has 0 amide bonds. The number of rotatable bonds is 2. The molecule has 0 spiro atoms. The van der Waals surface area contributed by atoms with E-state index in [9.17, 15) is 5.11 Å². The zero-order chi connectivity index (χ0) is 11.1. The average Bonchev–Trinajstić information content (AvgIpc) is 2.81. The number of phenolic OH excluding ortho intramolecular Hbond substituents is 1. The van der Waals surface area contributed by atoms with Crippen LogP contribution >= 0.6 is 11.3 Å². The number of hydrogen-bond acceptors (Lipinski definition) is 3. The number of benzene rings is 1. The van der Waals surface area contributed by atoms with Gasteiger partial charge in [0, 0.05) is 21.7 Å². The quantitative estimate of drug-likeness (QED) is 0.834. The monoisotopic (exact) mass is 231 g/mol. The zero-order valence-electron chi connectivity index (χ0n) is 8.76. The lowest BCUT2D eigenvalue weighted by Gasteiger charge is -1.97. The summed E-state index contributed by atoms with van der Waals surface area (Å²) >= 11 is 1.78. The molecule has 1 heterocycles. The van der Waals surface area contributed by atoms with Gasteiger partial charge < -0.3 is 10.8 Å². The van der Waals surface area contributed by atoms with Gasteiger partial charge in [0.2, 0.25) is 0 Å². The predicted molar refractivity (Wildman–Crippen MR) is 66.8 cm³/mol. The van der Waals surface area contributed by atoms with E-state index in [1.54, 1.807) is 23.5 Å². The Morgan fingerprint density at radius 2 is 2.06 bits per heavy atom. The van der Waals surface area contributed by atoms with Gasteiger partial charge >= 0.3 is 0 Å². The summed E-state index contributed by atoms with van der Waals surface area (Å²) in [4.78, 5) is 2.57. The summed E-state index contributed by atoms with van der Waals surface area (Å²) in [5.74, 6) is 0.881. The lowest BCUT2D eigenvalue weighted by atomic mass is 10.2. The molecule has 0 radical (unpaired) electrons. The Bertz CT molecular complexity index is 520. The molecule has 1 fully saturated rings. The standard InChI is InChI=1S/C13H13NOS/c14-11-7-10(11)13-5-4-12(16-13)8-2-1-3-9(15)6-8/h1-6,10-11,15H,7,14H2/t10-,11+/m0/s1. The van der Waals surface area contributed by atoms with E-state index >= 15 is 0 Å². The fourth-order valence-electron chi connectivity index (χ4n) is 1.91. The highest BCUT2D eigenvalue weighted by Gasteiger charge is 2.35. The van der Waals surface area contributed by atoms with Crippen LogP contribution in [0.5, 0.6) is 5.75 Å². The van der Waals surface area contributed by atoms with Crippen LogP contribution in [-0.2, 0) is 0 Å². The fraction of sp³-hybridized carbons (Fsp3) is 0.231. The Morgan fingerprint density at radius 3 is 2.75 bits per heavy atom. The molecule has 1 saturated carbocycles. The second-order valence-corrected chi connectivity index (χ2v) is 5.37. The van der Waals surface area contributed by atoms with Gasteiger partial charge in [-0.15, -0.1) is 11.3 Å². The van der Waals surface area contributed by atoms with Crippen molar-refractivity contribution < 1.29 is 5.11 Å². The summed E-state index contributed by atoms with van der Waals surface area (Å²) in [7, 11) is 0. The van der Waals surface area contributed by atoms with Gasteiger partial charge in [-0.2, -0.15) is 0 Å². The highest BCUT2D eigenvalue weighted by Crippen LogP contribution is 2.44. The van der Waals surface area contributed by atoms with Gasteiger partial charge in [-0.05, 0) is 36.2 Å². The van der Waals surface area contributed by atoms with Gasteiger partial charge in [-0.25, -0.2) is 0 Å². The molecule has 0 bridgehead atoms. The highest BCUT2D eigenvalue weighted by molar-refractivity contribution is 7.15. The van der Waals surface area contributed by atoms with E-state index in [4.69, 9.17) is 5.73 Å². The van der Waals surface area contributed by atoms with Crippen LogP contribution in [-0.4, -0.2) is 11.1 Å². The third-order valence-electron chi connectivity index (χ3n) is 2.96. The van der Waals surface area contributed by atoms with E-state index in [-0.39, 0.29) is 0 Å². The third kappa shape index (κ3) is 1.72. The van der Waals surface area contributed by atoms with E-state index in [1.807, 2.05) is 12.1 Å². The van der Waals surface area contributed by atoms with Gasteiger partial charge in [0.1, 0.15) is 5.75 Å². The lowest BCUT2D eigenvalue weighted by Crippen LogP contribution is -1.99. The second-order valence-electron chi connectivity index (χ2n) is 4.26. The van der Waals surface area contributed by atoms with E-state index in [0.29, 0.717) is 17.7 Å². The zero-order valence-corrected chi connectivity index (χ0v) is 9.58. The van der Waals surface area contributed by atoms with Gasteiger partial charge in [0.25, 0.3) is 0 Å². The smallest absolute Gasteiger partial charge is 0.116 e. The normalized spacial score (nSPS) is 23.3. The van der Waals surface area contributed by atoms with Crippen LogP contribution in [0.3, 0.4) is 0 Å². The second kappa shape index (κ2) is 3.61. The van der Waals surface area contributed by atoms with E-state index in [1.165, 1.54) is 9.75 Å². The van der Waals surface area contributed by atoms with Crippen molar-refractivity contribution >= 4 is 11.3 Å². The first-order valence-corrected chi connectivity index (χ1v) is 6.20. The molecule has 3 N–H and O–H groups in total.